The Morgan fingerprint density at radius 1 is 1.24 bits per heavy atom. The van der Waals surface area contributed by atoms with Gasteiger partial charge in [0.05, 0.1) is 18.8 Å². The predicted molar refractivity (Wildman–Crippen MR) is 96.2 cm³/mol. The summed E-state index contributed by atoms with van der Waals surface area (Å²) in [5.41, 5.74) is 2.39. The minimum absolute atomic E-state index is 0. The monoisotopic (exact) mass is 363 g/mol. The van der Waals surface area contributed by atoms with Gasteiger partial charge in [0.25, 0.3) is 0 Å². The summed E-state index contributed by atoms with van der Waals surface area (Å²) in [6, 6.07) is 10.7. The van der Waals surface area contributed by atoms with E-state index in [0.29, 0.717) is 25.3 Å². The molecule has 2 amide bonds. The van der Waals surface area contributed by atoms with E-state index in [9.17, 15) is 9.59 Å². The first-order chi connectivity index (χ1) is 11.6. The van der Waals surface area contributed by atoms with E-state index < -0.39 is 6.04 Å². The summed E-state index contributed by atoms with van der Waals surface area (Å²) in [4.78, 5) is 24.5. The van der Waals surface area contributed by atoms with Crippen LogP contribution in [0, 0.1) is 0 Å². The van der Waals surface area contributed by atoms with E-state index in [4.69, 9.17) is 4.42 Å². The third-order valence-corrected chi connectivity index (χ3v) is 4.17. The van der Waals surface area contributed by atoms with Crippen LogP contribution >= 0.6 is 12.4 Å². The molecule has 0 unspecified atom stereocenters. The van der Waals surface area contributed by atoms with E-state index in [-0.39, 0.29) is 30.3 Å². The first-order valence-electron chi connectivity index (χ1n) is 8.04. The van der Waals surface area contributed by atoms with Crippen molar-refractivity contribution in [3.05, 3.63) is 59.5 Å². The topological polar surface area (TPSA) is 83.4 Å². The molecule has 1 aliphatic heterocycles. The second kappa shape index (κ2) is 8.69. The number of nitrogens with one attached hydrogen (secondary N) is 3. The Bertz CT molecular complexity index is 718. The number of furan rings is 1. The van der Waals surface area contributed by atoms with Crippen LogP contribution in [0.1, 0.15) is 23.8 Å². The number of rotatable bonds is 5. The molecule has 0 saturated carbocycles. The van der Waals surface area contributed by atoms with E-state index >= 15 is 0 Å². The molecule has 25 heavy (non-hydrogen) atoms. The molecule has 0 bridgehead atoms. The Morgan fingerprint density at radius 2 is 2.00 bits per heavy atom. The maximum atomic E-state index is 12.4. The summed E-state index contributed by atoms with van der Waals surface area (Å²) in [5.74, 6) is 0.272. The summed E-state index contributed by atoms with van der Waals surface area (Å²) < 4.78 is 5.16. The van der Waals surface area contributed by atoms with Gasteiger partial charge < -0.3 is 20.4 Å². The van der Waals surface area contributed by atoms with Gasteiger partial charge in [-0.15, -0.1) is 12.4 Å². The summed E-state index contributed by atoms with van der Waals surface area (Å²) in [5, 5.41) is 8.72. The Labute approximate surface area is 152 Å². The largest absolute Gasteiger partial charge is 0.467 e. The lowest BCUT2D eigenvalue weighted by molar-refractivity contribution is -0.129. The van der Waals surface area contributed by atoms with Crippen LogP contribution in [0.15, 0.2) is 47.1 Å². The van der Waals surface area contributed by atoms with Crippen LogP contribution in [-0.2, 0) is 29.1 Å². The Hall–Kier alpha value is -2.31. The van der Waals surface area contributed by atoms with Crippen LogP contribution in [0.3, 0.4) is 0 Å². The highest BCUT2D eigenvalue weighted by Crippen LogP contribution is 2.16. The van der Waals surface area contributed by atoms with Crippen molar-refractivity contribution >= 4 is 24.2 Å². The number of carbonyl (C=O) groups is 2. The summed E-state index contributed by atoms with van der Waals surface area (Å²) >= 11 is 0. The zero-order valence-corrected chi connectivity index (χ0v) is 14.8. The molecule has 1 aliphatic rings. The molecule has 7 heteroatoms. The standard InChI is InChI=1S/C18H21N3O3.ClH/c1-12(17(22)20-11-15-7-4-8-24-15)21-18(23)16-9-13-5-2-3-6-14(13)10-19-16;/h2-8,12,16,19H,9-11H2,1H3,(H,20,22)(H,21,23);1H/t12-,16+;/m1./s1. The third kappa shape index (κ3) is 4.84. The first kappa shape index (κ1) is 19.0. The van der Waals surface area contributed by atoms with Crippen molar-refractivity contribution in [2.24, 2.45) is 0 Å². The Morgan fingerprint density at radius 3 is 2.72 bits per heavy atom. The zero-order chi connectivity index (χ0) is 16.9. The van der Waals surface area contributed by atoms with E-state index in [1.165, 1.54) is 11.1 Å². The summed E-state index contributed by atoms with van der Waals surface area (Å²) in [7, 11) is 0. The number of hydrogen-bond acceptors (Lipinski definition) is 4. The van der Waals surface area contributed by atoms with Gasteiger partial charge in [-0.05, 0) is 36.6 Å². The minimum Gasteiger partial charge on any atom is -0.467 e. The maximum absolute atomic E-state index is 12.4. The molecule has 1 aromatic carbocycles. The van der Waals surface area contributed by atoms with Gasteiger partial charge in [-0.3, -0.25) is 9.59 Å². The highest BCUT2D eigenvalue weighted by molar-refractivity contribution is 5.89. The number of amides is 2. The fourth-order valence-electron chi connectivity index (χ4n) is 2.76. The molecule has 2 atom stereocenters. The number of carbonyl (C=O) groups excluding carboxylic acids is 2. The molecule has 0 spiro atoms. The molecule has 2 aromatic rings. The Balaban J connectivity index is 0.00000225. The molecule has 3 N–H and O–H groups in total. The van der Waals surface area contributed by atoms with E-state index in [1.807, 2.05) is 18.2 Å². The molecule has 0 saturated heterocycles. The fourth-order valence-corrected chi connectivity index (χ4v) is 2.76. The van der Waals surface area contributed by atoms with Gasteiger partial charge in [0.2, 0.25) is 11.8 Å². The average molecular weight is 364 g/mol. The average Bonchev–Trinajstić information content (AvgIpc) is 3.12. The molecule has 0 aliphatic carbocycles. The highest BCUT2D eigenvalue weighted by Gasteiger charge is 2.26. The zero-order valence-electron chi connectivity index (χ0n) is 14.0. The van der Waals surface area contributed by atoms with Crippen LogP contribution in [0.5, 0.6) is 0 Å². The third-order valence-electron chi connectivity index (χ3n) is 4.17. The van der Waals surface area contributed by atoms with Crippen LogP contribution in [0.4, 0.5) is 0 Å². The number of benzene rings is 1. The smallest absolute Gasteiger partial charge is 0.242 e. The van der Waals surface area contributed by atoms with Crippen molar-refractivity contribution < 1.29 is 14.0 Å². The molecule has 2 heterocycles. The van der Waals surface area contributed by atoms with E-state index in [2.05, 4.69) is 22.0 Å². The molecule has 6 nitrogen and oxygen atoms in total. The van der Waals surface area contributed by atoms with Crippen LogP contribution in [0.25, 0.3) is 0 Å². The lowest BCUT2D eigenvalue weighted by Crippen LogP contribution is -2.53. The maximum Gasteiger partial charge on any atom is 0.242 e. The van der Waals surface area contributed by atoms with Crippen molar-refractivity contribution in [2.75, 3.05) is 0 Å². The molecule has 1 aromatic heterocycles. The molecular weight excluding hydrogens is 342 g/mol. The first-order valence-corrected chi connectivity index (χ1v) is 8.04. The van der Waals surface area contributed by atoms with Crippen molar-refractivity contribution in [1.29, 1.82) is 0 Å². The van der Waals surface area contributed by atoms with Gasteiger partial charge in [0.15, 0.2) is 0 Å². The molecule has 0 fully saturated rings. The molecule has 3 rings (SSSR count). The Kier molecular flexibility index (Phi) is 6.61. The summed E-state index contributed by atoms with van der Waals surface area (Å²) in [6.07, 6.45) is 2.18. The number of halogens is 1. The van der Waals surface area contributed by atoms with Crippen LogP contribution in [-0.4, -0.2) is 23.9 Å². The van der Waals surface area contributed by atoms with Crippen molar-refractivity contribution in [1.82, 2.24) is 16.0 Å². The second-order valence-electron chi connectivity index (χ2n) is 5.93. The lowest BCUT2D eigenvalue weighted by atomic mass is 9.95. The van der Waals surface area contributed by atoms with Crippen molar-refractivity contribution in [2.45, 2.75) is 38.5 Å². The highest BCUT2D eigenvalue weighted by atomic mass is 35.5. The molecule has 134 valence electrons. The predicted octanol–water partition coefficient (Wildman–Crippen LogP) is 1.54. The minimum atomic E-state index is -0.605. The summed E-state index contributed by atoms with van der Waals surface area (Å²) in [6.45, 7) is 2.64. The van der Waals surface area contributed by atoms with Crippen molar-refractivity contribution in [3.63, 3.8) is 0 Å². The van der Waals surface area contributed by atoms with Crippen molar-refractivity contribution in [3.8, 4) is 0 Å². The van der Waals surface area contributed by atoms with Crippen LogP contribution in [0.2, 0.25) is 0 Å². The number of hydrogen-bond donors (Lipinski definition) is 3. The SMILES string of the molecule is C[C@@H](NC(=O)[C@@H]1Cc2ccccc2CN1)C(=O)NCc1ccco1.Cl. The van der Waals surface area contributed by atoms with Gasteiger partial charge in [-0.2, -0.15) is 0 Å². The fraction of sp³-hybridized carbons (Fsp3) is 0.333. The number of fused-ring (bicyclic) bond motifs is 1. The van der Waals surface area contributed by atoms with Gasteiger partial charge in [0, 0.05) is 6.54 Å². The van der Waals surface area contributed by atoms with Gasteiger partial charge in [0.1, 0.15) is 11.8 Å². The van der Waals surface area contributed by atoms with Gasteiger partial charge >= 0.3 is 0 Å². The molecular formula is C18H22ClN3O3. The quantitative estimate of drug-likeness (QED) is 0.752. The normalized spacial score (nSPS) is 16.9. The van der Waals surface area contributed by atoms with E-state index in [0.717, 1.165) is 0 Å². The van der Waals surface area contributed by atoms with E-state index in [1.54, 1.807) is 25.3 Å². The van der Waals surface area contributed by atoms with Gasteiger partial charge in [-0.1, -0.05) is 24.3 Å². The lowest BCUT2D eigenvalue weighted by Gasteiger charge is -2.26. The molecule has 0 radical (unpaired) electrons. The van der Waals surface area contributed by atoms with Gasteiger partial charge in [-0.25, -0.2) is 0 Å². The van der Waals surface area contributed by atoms with Crippen LogP contribution < -0.4 is 16.0 Å². The second-order valence-corrected chi connectivity index (χ2v) is 5.93.